The van der Waals surface area contributed by atoms with Gasteiger partial charge in [0.2, 0.25) is 0 Å². The maximum atomic E-state index is 12.1. The zero-order valence-corrected chi connectivity index (χ0v) is 11.8. The number of nitrogens with one attached hydrogen (secondary N) is 2. The van der Waals surface area contributed by atoms with E-state index >= 15 is 0 Å². The van der Waals surface area contributed by atoms with E-state index in [-0.39, 0.29) is 18.0 Å². The van der Waals surface area contributed by atoms with Gasteiger partial charge in [-0.05, 0) is 18.8 Å². The van der Waals surface area contributed by atoms with Crippen LogP contribution in [0.4, 0.5) is 4.79 Å². The molecule has 1 atom stereocenters. The third-order valence-corrected chi connectivity index (χ3v) is 3.61. The van der Waals surface area contributed by atoms with Gasteiger partial charge >= 0.3 is 6.03 Å². The van der Waals surface area contributed by atoms with E-state index in [2.05, 4.69) is 29.4 Å². The topological polar surface area (TPSA) is 64.7 Å². The molecule has 0 aromatic carbocycles. The first kappa shape index (κ1) is 14.3. The number of hydrogen-bond acceptors (Lipinski definition) is 4. The van der Waals surface area contributed by atoms with E-state index in [1.807, 2.05) is 0 Å². The molecule has 2 aliphatic rings. The monoisotopic (exact) mass is 268 g/mol. The van der Waals surface area contributed by atoms with Crippen molar-refractivity contribution in [2.24, 2.45) is 5.92 Å². The molecule has 0 saturated carbocycles. The van der Waals surface area contributed by atoms with Crippen LogP contribution in [0, 0.1) is 5.92 Å². The summed E-state index contributed by atoms with van der Waals surface area (Å²) in [5, 5.41) is 6.04. The summed E-state index contributed by atoms with van der Waals surface area (Å²) in [6, 6.07) is -0.545. The van der Waals surface area contributed by atoms with Gasteiger partial charge in [-0.1, -0.05) is 13.8 Å². The number of rotatable bonds is 6. The fourth-order valence-corrected chi connectivity index (χ4v) is 2.62. The summed E-state index contributed by atoms with van der Waals surface area (Å²) in [6.45, 7) is 8.56. The minimum Gasteiger partial charge on any atom is -0.326 e. The van der Waals surface area contributed by atoms with Gasteiger partial charge in [-0.2, -0.15) is 0 Å². The highest BCUT2D eigenvalue weighted by molar-refractivity contribution is 6.04. The van der Waals surface area contributed by atoms with E-state index in [1.165, 1.54) is 4.90 Å². The Labute approximate surface area is 114 Å². The van der Waals surface area contributed by atoms with Crippen LogP contribution in [-0.4, -0.2) is 60.6 Å². The van der Waals surface area contributed by atoms with Crippen molar-refractivity contribution in [1.29, 1.82) is 0 Å². The third kappa shape index (κ3) is 3.67. The molecule has 0 radical (unpaired) electrons. The molecule has 0 aromatic heterocycles. The zero-order valence-electron chi connectivity index (χ0n) is 11.8. The van der Waals surface area contributed by atoms with Crippen molar-refractivity contribution in [3.8, 4) is 0 Å². The third-order valence-electron chi connectivity index (χ3n) is 3.61. The quantitative estimate of drug-likeness (QED) is 0.676. The Morgan fingerprint density at radius 3 is 2.74 bits per heavy atom. The molecule has 2 heterocycles. The summed E-state index contributed by atoms with van der Waals surface area (Å²) < 4.78 is 0. The summed E-state index contributed by atoms with van der Waals surface area (Å²) in [7, 11) is 0. The lowest BCUT2D eigenvalue weighted by atomic mass is 10.0. The molecule has 0 bridgehead atoms. The summed E-state index contributed by atoms with van der Waals surface area (Å²) in [5.41, 5.74) is 0. The number of imide groups is 1. The van der Waals surface area contributed by atoms with Gasteiger partial charge in [-0.3, -0.25) is 14.6 Å². The molecule has 0 unspecified atom stereocenters. The lowest BCUT2D eigenvalue weighted by Crippen LogP contribution is -2.34. The predicted octanol–water partition coefficient (Wildman–Crippen LogP) is 0.206. The molecule has 0 spiro atoms. The molecule has 2 fully saturated rings. The standard InChI is InChI=1S/C13H24N4O2/c1-10(2)8-11-12(18)17(13(19)15-11)6-3-5-16-7-4-14-9-16/h10-11,14H,3-9H2,1-2H3,(H,15,19)/t11-/m1/s1. The summed E-state index contributed by atoms with van der Waals surface area (Å²) in [5.74, 6) is 0.350. The number of hydrogen-bond donors (Lipinski definition) is 2. The summed E-state index contributed by atoms with van der Waals surface area (Å²) in [4.78, 5) is 27.5. The smallest absolute Gasteiger partial charge is 0.324 e. The first-order chi connectivity index (χ1) is 9.08. The SMILES string of the molecule is CC(C)C[C@H]1NC(=O)N(CCCN2CCNC2)C1=O. The molecular weight excluding hydrogens is 244 g/mol. The van der Waals surface area contributed by atoms with E-state index < -0.39 is 0 Å². The number of amides is 3. The van der Waals surface area contributed by atoms with Gasteiger partial charge in [-0.15, -0.1) is 0 Å². The highest BCUT2D eigenvalue weighted by Crippen LogP contribution is 2.14. The first-order valence-corrected chi connectivity index (χ1v) is 7.13. The van der Waals surface area contributed by atoms with Crippen LogP contribution in [0.1, 0.15) is 26.7 Å². The van der Waals surface area contributed by atoms with Gasteiger partial charge in [-0.25, -0.2) is 4.79 Å². The van der Waals surface area contributed by atoms with Crippen molar-refractivity contribution in [2.75, 3.05) is 32.8 Å². The lowest BCUT2D eigenvalue weighted by molar-refractivity contribution is -0.127. The molecule has 2 rings (SSSR count). The number of carbonyl (C=O) groups excluding carboxylic acids is 2. The number of urea groups is 1. The van der Waals surface area contributed by atoms with Crippen LogP contribution < -0.4 is 10.6 Å². The molecule has 0 aliphatic carbocycles. The second-order valence-electron chi connectivity index (χ2n) is 5.75. The molecule has 108 valence electrons. The Balaban J connectivity index is 1.76. The van der Waals surface area contributed by atoms with E-state index in [0.29, 0.717) is 12.5 Å². The van der Waals surface area contributed by atoms with Crippen molar-refractivity contribution >= 4 is 11.9 Å². The average molecular weight is 268 g/mol. The Kier molecular flexibility index (Phi) is 4.76. The van der Waals surface area contributed by atoms with Gasteiger partial charge in [0.1, 0.15) is 6.04 Å². The average Bonchev–Trinajstić information content (AvgIpc) is 2.92. The molecular formula is C13H24N4O2. The minimum atomic E-state index is -0.319. The summed E-state index contributed by atoms with van der Waals surface area (Å²) in [6.07, 6.45) is 1.56. The first-order valence-electron chi connectivity index (χ1n) is 7.13. The Morgan fingerprint density at radius 2 is 2.11 bits per heavy atom. The van der Waals surface area contributed by atoms with Gasteiger partial charge in [0.25, 0.3) is 5.91 Å². The van der Waals surface area contributed by atoms with Crippen LogP contribution >= 0.6 is 0 Å². The summed E-state index contributed by atoms with van der Waals surface area (Å²) >= 11 is 0. The Bertz CT molecular complexity index is 340. The van der Waals surface area contributed by atoms with Crippen LogP contribution in [0.2, 0.25) is 0 Å². The maximum Gasteiger partial charge on any atom is 0.324 e. The fourth-order valence-electron chi connectivity index (χ4n) is 2.62. The van der Waals surface area contributed by atoms with Gasteiger partial charge in [0.15, 0.2) is 0 Å². The molecule has 3 amide bonds. The van der Waals surface area contributed by atoms with Gasteiger partial charge < -0.3 is 10.6 Å². The molecule has 19 heavy (non-hydrogen) atoms. The van der Waals surface area contributed by atoms with Crippen molar-refractivity contribution in [3.05, 3.63) is 0 Å². The van der Waals surface area contributed by atoms with Crippen LogP contribution in [0.5, 0.6) is 0 Å². The molecule has 2 aliphatic heterocycles. The van der Waals surface area contributed by atoms with Gasteiger partial charge in [0, 0.05) is 32.8 Å². The number of nitrogens with zero attached hydrogens (tertiary/aromatic N) is 2. The molecule has 2 saturated heterocycles. The minimum absolute atomic E-state index is 0.0572. The normalized spacial score (nSPS) is 24.6. The van der Waals surface area contributed by atoms with Crippen LogP contribution in [0.3, 0.4) is 0 Å². The van der Waals surface area contributed by atoms with E-state index in [0.717, 1.165) is 39.1 Å². The zero-order chi connectivity index (χ0) is 13.8. The number of carbonyl (C=O) groups is 2. The molecule has 6 nitrogen and oxygen atoms in total. The molecule has 0 aromatic rings. The van der Waals surface area contributed by atoms with Gasteiger partial charge in [0.05, 0.1) is 0 Å². The highest BCUT2D eigenvalue weighted by Gasteiger charge is 2.37. The van der Waals surface area contributed by atoms with Crippen LogP contribution in [-0.2, 0) is 4.79 Å². The van der Waals surface area contributed by atoms with Crippen LogP contribution in [0.25, 0.3) is 0 Å². The van der Waals surface area contributed by atoms with Crippen molar-refractivity contribution in [1.82, 2.24) is 20.4 Å². The van der Waals surface area contributed by atoms with E-state index in [4.69, 9.17) is 0 Å². The van der Waals surface area contributed by atoms with Crippen molar-refractivity contribution in [3.63, 3.8) is 0 Å². The predicted molar refractivity (Wildman–Crippen MR) is 72.5 cm³/mol. The fraction of sp³-hybridized carbons (Fsp3) is 0.846. The van der Waals surface area contributed by atoms with Crippen molar-refractivity contribution in [2.45, 2.75) is 32.7 Å². The van der Waals surface area contributed by atoms with E-state index in [1.54, 1.807) is 0 Å². The van der Waals surface area contributed by atoms with Crippen LogP contribution in [0.15, 0.2) is 0 Å². The largest absolute Gasteiger partial charge is 0.326 e. The highest BCUT2D eigenvalue weighted by atomic mass is 16.2. The van der Waals surface area contributed by atoms with E-state index in [9.17, 15) is 9.59 Å². The molecule has 6 heteroatoms. The van der Waals surface area contributed by atoms with Crippen molar-refractivity contribution < 1.29 is 9.59 Å². The Hall–Kier alpha value is -1.14. The Morgan fingerprint density at radius 1 is 1.32 bits per heavy atom. The second kappa shape index (κ2) is 6.34. The molecule has 2 N–H and O–H groups in total. The maximum absolute atomic E-state index is 12.1. The second-order valence-corrected chi connectivity index (χ2v) is 5.75. The lowest BCUT2D eigenvalue weighted by Gasteiger charge is -2.17.